The molecule has 186 valence electrons. The van der Waals surface area contributed by atoms with Crippen LogP contribution >= 0.6 is 0 Å². The van der Waals surface area contributed by atoms with Crippen LogP contribution < -0.4 is 10.2 Å². The van der Waals surface area contributed by atoms with Gasteiger partial charge >= 0.3 is 6.03 Å². The lowest BCUT2D eigenvalue weighted by molar-refractivity contribution is 0.167. The number of hydrogen-bond acceptors (Lipinski definition) is 5. The third kappa shape index (κ3) is 4.98. The van der Waals surface area contributed by atoms with E-state index in [4.69, 9.17) is 4.98 Å². The SMILES string of the molecule is CCNC(=O)N1CCN(c2ccnn3cc(-c4ccc(C5CCCN(C(C)C)C5)cn4)cc23)CC1. The number of nitrogens with zero attached hydrogens (tertiary/aromatic N) is 6. The molecule has 1 N–H and O–H groups in total. The van der Waals surface area contributed by atoms with Gasteiger partial charge in [0.25, 0.3) is 0 Å². The molecule has 1 unspecified atom stereocenters. The number of carbonyl (C=O) groups excluding carboxylic acids is 1. The molecule has 2 amide bonds. The summed E-state index contributed by atoms with van der Waals surface area (Å²) in [7, 11) is 0. The van der Waals surface area contributed by atoms with Crippen LogP contribution in [0, 0.1) is 0 Å². The van der Waals surface area contributed by atoms with Gasteiger partial charge in [0.05, 0.1) is 16.9 Å². The Kier molecular flexibility index (Phi) is 6.90. The number of carbonyl (C=O) groups is 1. The molecule has 3 aromatic heterocycles. The summed E-state index contributed by atoms with van der Waals surface area (Å²) in [6, 6.07) is 9.29. The summed E-state index contributed by atoms with van der Waals surface area (Å²) in [5.74, 6) is 0.562. The molecule has 2 saturated heterocycles. The number of rotatable bonds is 5. The summed E-state index contributed by atoms with van der Waals surface area (Å²) < 4.78 is 1.94. The van der Waals surface area contributed by atoms with Gasteiger partial charge in [0.2, 0.25) is 0 Å². The van der Waals surface area contributed by atoms with E-state index in [1.807, 2.05) is 22.5 Å². The van der Waals surface area contributed by atoms with Crippen LogP contribution in [0.1, 0.15) is 45.1 Å². The van der Waals surface area contributed by atoms with Crippen molar-refractivity contribution in [1.82, 2.24) is 29.7 Å². The zero-order valence-corrected chi connectivity index (χ0v) is 21.2. The lowest BCUT2D eigenvalue weighted by Gasteiger charge is -2.36. The third-order valence-electron chi connectivity index (χ3n) is 7.46. The molecule has 2 aliphatic rings. The minimum Gasteiger partial charge on any atom is -0.366 e. The van der Waals surface area contributed by atoms with Crippen LogP contribution in [0.4, 0.5) is 10.5 Å². The van der Waals surface area contributed by atoms with Gasteiger partial charge in [-0.05, 0) is 69.8 Å². The lowest BCUT2D eigenvalue weighted by atomic mass is 9.91. The summed E-state index contributed by atoms with van der Waals surface area (Å²) in [5.41, 5.74) is 5.61. The number of pyridine rings is 1. The zero-order chi connectivity index (χ0) is 24.4. The fraction of sp³-hybridized carbons (Fsp3) is 0.519. The van der Waals surface area contributed by atoms with Crippen molar-refractivity contribution >= 4 is 17.2 Å². The predicted octanol–water partition coefficient (Wildman–Crippen LogP) is 3.84. The molecule has 2 fully saturated rings. The normalized spacial score (nSPS) is 19.5. The molecule has 0 aromatic carbocycles. The molecule has 8 nitrogen and oxygen atoms in total. The summed E-state index contributed by atoms with van der Waals surface area (Å²) in [4.78, 5) is 23.8. The maximum Gasteiger partial charge on any atom is 0.317 e. The van der Waals surface area contributed by atoms with Gasteiger partial charge < -0.3 is 20.0 Å². The molecule has 0 radical (unpaired) electrons. The van der Waals surface area contributed by atoms with Crippen molar-refractivity contribution in [3.63, 3.8) is 0 Å². The van der Waals surface area contributed by atoms with E-state index in [0.29, 0.717) is 31.6 Å². The molecule has 8 heteroatoms. The van der Waals surface area contributed by atoms with Crippen LogP contribution in [-0.4, -0.2) is 82.3 Å². The van der Waals surface area contributed by atoms with E-state index in [1.54, 1.807) is 0 Å². The number of amides is 2. The van der Waals surface area contributed by atoms with Crippen molar-refractivity contribution < 1.29 is 4.79 Å². The van der Waals surface area contributed by atoms with Crippen molar-refractivity contribution in [2.24, 2.45) is 0 Å². The average Bonchev–Trinajstić information content (AvgIpc) is 3.34. The fourth-order valence-electron chi connectivity index (χ4n) is 5.39. The van der Waals surface area contributed by atoms with Crippen LogP contribution in [0.2, 0.25) is 0 Å². The Morgan fingerprint density at radius 3 is 2.69 bits per heavy atom. The monoisotopic (exact) mass is 475 g/mol. The van der Waals surface area contributed by atoms with E-state index in [0.717, 1.165) is 42.1 Å². The summed E-state index contributed by atoms with van der Waals surface area (Å²) in [5, 5.41) is 7.45. The molecule has 0 aliphatic carbocycles. The predicted molar refractivity (Wildman–Crippen MR) is 140 cm³/mol. The van der Waals surface area contributed by atoms with Gasteiger partial charge in [-0.1, -0.05) is 6.07 Å². The van der Waals surface area contributed by atoms with Gasteiger partial charge in [0.15, 0.2) is 0 Å². The van der Waals surface area contributed by atoms with Gasteiger partial charge in [-0.2, -0.15) is 5.10 Å². The van der Waals surface area contributed by atoms with E-state index in [-0.39, 0.29) is 6.03 Å². The number of nitrogens with one attached hydrogen (secondary N) is 1. The van der Waals surface area contributed by atoms with Crippen molar-refractivity contribution in [3.8, 4) is 11.3 Å². The molecule has 1 atom stereocenters. The van der Waals surface area contributed by atoms with Crippen molar-refractivity contribution in [3.05, 3.63) is 48.4 Å². The lowest BCUT2D eigenvalue weighted by Crippen LogP contribution is -2.51. The molecule has 5 heterocycles. The van der Waals surface area contributed by atoms with Gasteiger partial charge in [-0.3, -0.25) is 4.98 Å². The Labute approximate surface area is 207 Å². The Morgan fingerprint density at radius 1 is 1.14 bits per heavy atom. The Bertz CT molecular complexity index is 1150. The van der Waals surface area contributed by atoms with Gasteiger partial charge in [0.1, 0.15) is 0 Å². The molecule has 5 rings (SSSR count). The number of likely N-dealkylation sites (tertiary alicyclic amines) is 1. The van der Waals surface area contributed by atoms with E-state index in [9.17, 15) is 4.79 Å². The Morgan fingerprint density at radius 2 is 1.97 bits per heavy atom. The number of urea groups is 1. The van der Waals surface area contributed by atoms with Gasteiger partial charge in [-0.25, -0.2) is 9.31 Å². The third-order valence-corrected chi connectivity index (χ3v) is 7.46. The summed E-state index contributed by atoms with van der Waals surface area (Å²) >= 11 is 0. The number of aromatic nitrogens is 3. The van der Waals surface area contributed by atoms with Gasteiger partial charge in [-0.15, -0.1) is 0 Å². The minimum absolute atomic E-state index is 0.0247. The highest BCUT2D eigenvalue weighted by atomic mass is 16.2. The second-order valence-corrected chi connectivity index (χ2v) is 9.99. The second kappa shape index (κ2) is 10.2. The molecule has 2 aliphatic heterocycles. The van der Waals surface area contributed by atoms with Crippen molar-refractivity contribution in [2.75, 3.05) is 50.7 Å². The van der Waals surface area contributed by atoms with Gasteiger partial charge in [0, 0.05) is 69.5 Å². The largest absolute Gasteiger partial charge is 0.366 e. The van der Waals surface area contributed by atoms with E-state index in [2.05, 4.69) is 70.7 Å². The highest BCUT2D eigenvalue weighted by Crippen LogP contribution is 2.31. The summed E-state index contributed by atoms with van der Waals surface area (Å²) in [6.07, 6.45) is 8.47. The highest BCUT2D eigenvalue weighted by molar-refractivity contribution is 5.79. The average molecular weight is 476 g/mol. The first-order chi connectivity index (χ1) is 17.0. The molecule has 3 aromatic rings. The first kappa shape index (κ1) is 23.6. The van der Waals surface area contributed by atoms with Crippen LogP contribution in [0.15, 0.2) is 42.9 Å². The van der Waals surface area contributed by atoms with E-state index < -0.39 is 0 Å². The zero-order valence-electron chi connectivity index (χ0n) is 21.2. The number of fused-ring (bicyclic) bond motifs is 1. The molecule has 0 saturated carbocycles. The molecule has 0 bridgehead atoms. The smallest absolute Gasteiger partial charge is 0.317 e. The quantitative estimate of drug-likeness (QED) is 0.607. The number of piperidine rings is 1. The standard InChI is InChI=1S/C27H37N7O/c1-4-28-27(35)32-14-12-31(13-15-32)25-9-10-30-34-19-23(16-26(25)34)24-8-7-21(17-29-24)22-6-5-11-33(18-22)20(2)3/h7-10,16-17,19-20,22H,4-6,11-15,18H2,1-3H3,(H,28,35). The van der Waals surface area contributed by atoms with E-state index >= 15 is 0 Å². The maximum absolute atomic E-state index is 12.2. The van der Waals surface area contributed by atoms with Crippen LogP contribution in [0.5, 0.6) is 0 Å². The molecular weight excluding hydrogens is 438 g/mol. The first-order valence-electron chi connectivity index (χ1n) is 13.0. The maximum atomic E-state index is 12.2. The van der Waals surface area contributed by atoms with E-state index in [1.165, 1.54) is 24.9 Å². The van der Waals surface area contributed by atoms with Crippen molar-refractivity contribution in [2.45, 2.75) is 45.6 Å². The van der Waals surface area contributed by atoms with Crippen LogP contribution in [-0.2, 0) is 0 Å². The molecular formula is C27H37N7O. The number of hydrogen-bond donors (Lipinski definition) is 1. The molecule has 35 heavy (non-hydrogen) atoms. The number of anilines is 1. The van der Waals surface area contributed by atoms with Crippen molar-refractivity contribution in [1.29, 1.82) is 0 Å². The highest BCUT2D eigenvalue weighted by Gasteiger charge is 2.24. The topological polar surface area (TPSA) is 69.0 Å². The number of piperazine rings is 1. The minimum atomic E-state index is 0.0247. The first-order valence-corrected chi connectivity index (χ1v) is 13.0. The van der Waals surface area contributed by atoms with Crippen LogP contribution in [0.25, 0.3) is 16.8 Å². The fourth-order valence-corrected chi connectivity index (χ4v) is 5.39. The Hall–Kier alpha value is -3.13. The molecule has 0 spiro atoms. The Balaban J connectivity index is 1.32. The second-order valence-electron chi connectivity index (χ2n) is 9.99. The van der Waals surface area contributed by atoms with Crippen LogP contribution in [0.3, 0.4) is 0 Å². The summed E-state index contributed by atoms with van der Waals surface area (Å²) in [6.45, 7) is 12.5.